The number of nitrogens with zero attached hydrogens (tertiary/aromatic N) is 1. The maximum atomic E-state index is 13.2. The number of rotatable bonds is 5. The fourth-order valence-electron chi connectivity index (χ4n) is 3.42. The monoisotopic (exact) mass is 548 g/mol. The van der Waals surface area contributed by atoms with Gasteiger partial charge in [0, 0.05) is 17.6 Å². The van der Waals surface area contributed by atoms with E-state index in [1.165, 1.54) is 6.07 Å². The normalized spacial score (nSPS) is 14.5. The first-order valence-electron chi connectivity index (χ1n) is 9.49. The summed E-state index contributed by atoms with van der Waals surface area (Å²) in [6.07, 6.45) is -1.47. The molecule has 2 aromatic rings. The third kappa shape index (κ3) is 5.69. The molecule has 30 heavy (non-hydrogen) atoms. The second-order valence-corrected chi connectivity index (χ2v) is 8.92. The van der Waals surface area contributed by atoms with Gasteiger partial charge in [0.05, 0.1) is 21.4 Å². The van der Waals surface area contributed by atoms with Gasteiger partial charge in [-0.1, -0.05) is 15.9 Å². The molecule has 0 saturated carbocycles. The van der Waals surface area contributed by atoms with E-state index in [4.69, 9.17) is 4.74 Å². The lowest BCUT2D eigenvalue weighted by molar-refractivity contribution is -0.137. The molecule has 4 nitrogen and oxygen atoms in total. The fourth-order valence-corrected chi connectivity index (χ4v) is 4.97. The van der Waals surface area contributed by atoms with Gasteiger partial charge in [-0.05, 0) is 78.0 Å². The maximum Gasteiger partial charge on any atom is 0.416 e. The first kappa shape index (κ1) is 22.9. The SMILES string of the molecule is Cc1cc(Br)cc(Br)c1OCC(=O)Nc1cc(C(F)(F)F)ccc1N1CCCCC1. The third-order valence-corrected chi connectivity index (χ3v) is 5.88. The molecule has 9 heteroatoms. The van der Waals surface area contributed by atoms with Crippen LogP contribution in [0.1, 0.15) is 30.4 Å². The summed E-state index contributed by atoms with van der Waals surface area (Å²) in [5.74, 6) is -0.0181. The molecule has 162 valence electrons. The van der Waals surface area contributed by atoms with Crippen LogP contribution >= 0.6 is 31.9 Å². The molecule has 0 aliphatic carbocycles. The molecule has 1 amide bonds. The number of anilines is 2. The molecule has 2 aromatic carbocycles. The zero-order valence-corrected chi connectivity index (χ0v) is 19.5. The molecule has 1 aliphatic heterocycles. The van der Waals surface area contributed by atoms with E-state index in [0.717, 1.165) is 54.5 Å². The summed E-state index contributed by atoms with van der Waals surface area (Å²) in [5.41, 5.74) is 0.757. The van der Waals surface area contributed by atoms with Gasteiger partial charge in [-0.15, -0.1) is 0 Å². The average molecular weight is 550 g/mol. The molecular weight excluding hydrogens is 529 g/mol. The minimum absolute atomic E-state index is 0.145. The van der Waals surface area contributed by atoms with Crippen LogP contribution in [-0.2, 0) is 11.0 Å². The quantitative estimate of drug-likeness (QED) is 0.460. The Morgan fingerprint density at radius 2 is 1.83 bits per heavy atom. The Morgan fingerprint density at radius 3 is 2.47 bits per heavy atom. The van der Waals surface area contributed by atoms with Crippen molar-refractivity contribution in [2.75, 3.05) is 29.9 Å². The molecule has 1 saturated heterocycles. The van der Waals surface area contributed by atoms with Gasteiger partial charge in [0.1, 0.15) is 5.75 Å². The fraction of sp³-hybridized carbons (Fsp3) is 0.381. The minimum Gasteiger partial charge on any atom is -0.482 e. The predicted octanol–water partition coefficient (Wildman–Crippen LogP) is 6.55. The molecule has 1 N–H and O–H groups in total. The van der Waals surface area contributed by atoms with Gasteiger partial charge in [-0.2, -0.15) is 13.2 Å². The van der Waals surface area contributed by atoms with Crippen LogP contribution in [-0.4, -0.2) is 25.6 Å². The highest BCUT2D eigenvalue weighted by Crippen LogP contribution is 2.36. The summed E-state index contributed by atoms with van der Waals surface area (Å²) < 4.78 is 46.8. The number of aryl methyl sites for hydroxylation is 1. The predicted molar refractivity (Wildman–Crippen MR) is 118 cm³/mol. The Kier molecular flexibility index (Phi) is 7.34. The molecule has 0 bridgehead atoms. The largest absolute Gasteiger partial charge is 0.482 e. The highest BCUT2D eigenvalue weighted by Gasteiger charge is 2.32. The minimum atomic E-state index is -4.49. The first-order chi connectivity index (χ1) is 14.1. The summed E-state index contributed by atoms with van der Waals surface area (Å²) in [6.45, 7) is 3.01. The van der Waals surface area contributed by atoms with Crippen molar-refractivity contribution < 1.29 is 22.7 Å². The van der Waals surface area contributed by atoms with E-state index in [9.17, 15) is 18.0 Å². The summed E-state index contributed by atoms with van der Waals surface area (Å²) >= 11 is 6.77. The number of nitrogens with one attached hydrogen (secondary N) is 1. The summed E-state index contributed by atoms with van der Waals surface area (Å²) in [6, 6.07) is 7.11. The van der Waals surface area contributed by atoms with Crippen LogP contribution in [0.25, 0.3) is 0 Å². The second-order valence-electron chi connectivity index (χ2n) is 7.15. The Hall–Kier alpha value is -1.74. The van der Waals surface area contributed by atoms with Gasteiger partial charge in [0.2, 0.25) is 0 Å². The lowest BCUT2D eigenvalue weighted by Gasteiger charge is -2.31. The van der Waals surface area contributed by atoms with Crippen molar-refractivity contribution in [3.8, 4) is 5.75 Å². The number of benzene rings is 2. The highest BCUT2D eigenvalue weighted by molar-refractivity contribution is 9.11. The smallest absolute Gasteiger partial charge is 0.416 e. The Morgan fingerprint density at radius 1 is 1.13 bits per heavy atom. The summed E-state index contributed by atoms with van der Waals surface area (Å²) in [7, 11) is 0. The molecule has 3 rings (SSSR count). The van der Waals surface area contributed by atoms with Crippen LogP contribution in [0.2, 0.25) is 0 Å². The number of amides is 1. The van der Waals surface area contributed by atoms with Crippen LogP contribution in [0.3, 0.4) is 0 Å². The van der Waals surface area contributed by atoms with Gasteiger partial charge >= 0.3 is 6.18 Å². The number of halogens is 5. The van der Waals surface area contributed by atoms with Crippen molar-refractivity contribution in [2.24, 2.45) is 0 Å². The van der Waals surface area contributed by atoms with Crippen molar-refractivity contribution in [1.82, 2.24) is 0 Å². The lowest BCUT2D eigenvalue weighted by Crippen LogP contribution is -2.31. The number of ether oxygens (including phenoxy) is 1. The number of carbonyl (C=O) groups is 1. The zero-order valence-electron chi connectivity index (χ0n) is 16.3. The van der Waals surface area contributed by atoms with Crippen molar-refractivity contribution in [3.63, 3.8) is 0 Å². The summed E-state index contributed by atoms with van der Waals surface area (Å²) in [5, 5.41) is 2.61. The van der Waals surface area contributed by atoms with Crippen molar-refractivity contribution in [3.05, 3.63) is 50.4 Å². The van der Waals surface area contributed by atoms with Crippen LogP contribution in [0.4, 0.5) is 24.5 Å². The van der Waals surface area contributed by atoms with Crippen LogP contribution in [0.15, 0.2) is 39.3 Å². The molecule has 0 radical (unpaired) electrons. The highest BCUT2D eigenvalue weighted by atomic mass is 79.9. The number of alkyl halides is 3. The molecule has 1 heterocycles. The molecule has 0 atom stereocenters. The molecule has 1 fully saturated rings. The number of hydrogen-bond acceptors (Lipinski definition) is 3. The third-order valence-electron chi connectivity index (χ3n) is 4.84. The van der Waals surface area contributed by atoms with E-state index in [1.807, 2.05) is 17.9 Å². The molecule has 0 aromatic heterocycles. The molecular formula is C21H21Br2F3N2O2. The number of carbonyl (C=O) groups excluding carboxylic acids is 1. The van der Waals surface area contributed by atoms with Gasteiger partial charge < -0.3 is 15.0 Å². The van der Waals surface area contributed by atoms with Crippen LogP contribution in [0, 0.1) is 6.92 Å². The van der Waals surface area contributed by atoms with E-state index < -0.39 is 17.6 Å². The molecule has 1 aliphatic rings. The lowest BCUT2D eigenvalue weighted by atomic mass is 10.1. The first-order valence-corrected chi connectivity index (χ1v) is 11.1. The standard InChI is InChI=1S/C21H21Br2F3N2O2/c1-13-9-15(22)11-16(23)20(13)30-12-19(29)27-17-10-14(21(24,25)26)5-6-18(17)28-7-3-2-4-8-28/h5-6,9-11H,2-4,7-8,12H2,1H3,(H,27,29). The van der Waals surface area contributed by atoms with E-state index in [2.05, 4.69) is 37.2 Å². The molecule has 0 unspecified atom stereocenters. The number of hydrogen-bond donors (Lipinski definition) is 1. The van der Waals surface area contributed by atoms with E-state index >= 15 is 0 Å². The number of piperidine rings is 1. The van der Waals surface area contributed by atoms with Gasteiger partial charge in [-0.3, -0.25) is 4.79 Å². The van der Waals surface area contributed by atoms with Gasteiger partial charge in [0.15, 0.2) is 6.61 Å². The van der Waals surface area contributed by atoms with E-state index in [0.29, 0.717) is 15.9 Å². The van der Waals surface area contributed by atoms with Crippen LogP contribution < -0.4 is 15.0 Å². The van der Waals surface area contributed by atoms with Crippen molar-refractivity contribution in [1.29, 1.82) is 0 Å². The van der Waals surface area contributed by atoms with Crippen molar-refractivity contribution in [2.45, 2.75) is 32.4 Å². The average Bonchev–Trinajstić information content (AvgIpc) is 2.67. The topological polar surface area (TPSA) is 41.6 Å². The van der Waals surface area contributed by atoms with Crippen molar-refractivity contribution >= 4 is 49.1 Å². The van der Waals surface area contributed by atoms with E-state index in [-0.39, 0.29) is 12.3 Å². The maximum absolute atomic E-state index is 13.2. The van der Waals surface area contributed by atoms with Gasteiger partial charge in [0.25, 0.3) is 5.91 Å². The second kappa shape index (κ2) is 9.60. The van der Waals surface area contributed by atoms with Crippen LogP contribution in [0.5, 0.6) is 5.75 Å². The summed E-state index contributed by atoms with van der Waals surface area (Å²) in [4.78, 5) is 14.5. The zero-order chi connectivity index (χ0) is 21.9. The van der Waals surface area contributed by atoms with Gasteiger partial charge in [-0.25, -0.2) is 0 Å². The Bertz CT molecular complexity index is 906. The Balaban J connectivity index is 1.79. The van der Waals surface area contributed by atoms with E-state index in [1.54, 1.807) is 6.07 Å². The Labute approximate surface area is 190 Å². The molecule has 0 spiro atoms.